The molecule has 2 aromatic rings. The van der Waals surface area contributed by atoms with Crippen molar-refractivity contribution in [1.82, 2.24) is 9.80 Å². The molecule has 2 heterocycles. The summed E-state index contributed by atoms with van der Waals surface area (Å²) in [5.74, 6) is -0.215. The molecular weight excluding hydrogens is 370 g/mol. The van der Waals surface area contributed by atoms with E-state index < -0.39 is 17.9 Å². The van der Waals surface area contributed by atoms with Crippen molar-refractivity contribution in [3.63, 3.8) is 0 Å². The van der Waals surface area contributed by atoms with Crippen molar-refractivity contribution in [3.8, 4) is 5.75 Å². The molecule has 0 aromatic heterocycles. The lowest BCUT2D eigenvalue weighted by molar-refractivity contribution is -0.135. The SMILES string of the molecule is COc1cccc(N2CCN(C(=O)[C@H](C)N3C(=O)c4ccccc4C3=O)CC2)c1. The van der Waals surface area contributed by atoms with Gasteiger partial charge in [-0.15, -0.1) is 0 Å². The molecule has 29 heavy (non-hydrogen) atoms. The largest absolute Gasteiger partial charge is 0.497 e. The van der Waals surface area contributed by atoms with Crippen LogP contribution in [-0.4, -0.2) is 66.9 Å². The standard InChI is InChI=1S/C22H23N3O4/c1-15(25-21(27)18-8-3-4-9-19(18)22(25)28)20(26)24-12-10-23(11-13-24)16-6-5-7-17(14-16)29-2/h3-9,14-15H,10-13H2,1-2H3/t15-/m0/s1. The molecule has 2 aromatic carbocycles. The van der Waals surface area contributed by atoms with Crippen LogP contribution in [0.5, 0.6) is 5.75 Å². The molecule has 0 spiro atoms. The number of amides is 3. The maximum atomic E-state index is 13.0. The van der Waals surface area contributed by atoms with Gasteiger partial charge in [-0.25, -0.2) is 0 Å². The van der Waals surface area contributed by atoms with E-state index in [9.17, 15) is 14.4 Å². The Kier molecular flexibility index (Phi) is 4.96. The zero-order valence-electron chi connectivity index (χ0n) is 16.5. The summed E-state index contributed by atoms with van der Waals surface area (Å²) in [6.45, 7) is 4.03. The van der Waals surface area contributed by atoms with Gasteiger partial charge in [0.25, 0.3) is 11.8 Å². The van der Waals surface area contributed by atoms with Gasteiger partial charge in [0.05, 0.1) is 18.2 Å². The molecular formula is C22H23N3O4. The minimum atomic E-state index is -0.828. The summed E-state index contributed by atoms with van der Waals surface area (Å²) < 4.78 is 5.28. The third kappa shape index (κ3) is 3.33. The molecule has 0 radical (unpaired) electrons. The van der Waals surface area contributed by atoms with Crippen molar-refractivity contribution in [2.75, 3.05) is 38.2 Å². The average Bonchev–Trinajstić information content (AvgIpc) is 3.03. The van der Waals surface area contributed by atoms with Gasteiger partial charge in [0.2, 0.25) is 5.91 Å². The van der Waals surface area contributed by atoms with Crippen molar-refractivity contribution in [3.05, 3.63) is 59.7 Å². The van der Waals surface area contributed by atoms with Crippen LogP contribution < -0.4 is 9.64 Å². The van der Waals surface area contributed by atoms with Gasteiger partial charge in [-0.2, -0.15) is 0 Å². The Bertz CT molecular complexity index is 931. The molecule has 150 valence electrons. The van der Waals surface area contributed by atoms with E-state index in [4.69, 9.17) is 4.74 Å². The minimum absolute atomic E-state index is 0.204. The molecule has 0 bridgehead atoms. The normalized spacial score (nSPS) is 17.4. The van der Waals surface area contributed by atoms with Crippen LogP contribution in [0.2, 0.25) is 0 Å². The molecule has 3 amide bonds. The highest BCUT2D eigenvalue weighted by atomic mass is 16.5. The van der Waals surface area contributed by atoms with E-state index in [-0.39, 0.29) is 5.91 Å². The number of carbonyl (C=O) groups excluding carboxylic acids is 3. The van der Waals surface area contributed by atoms with E-state index in [0.29, 0.717) is 37.3 Å². The van der Waals surface area contributed by atoms with E-state index in [0.717, 1.165) is 16.3 Å². The molecule has 4 rings (SSSR count). The third-order valence-corrected chi connectivity index (χ3v) is 5.58. The van der Waals surface area contributed by atoms with E-state index in [1.54, 1.807) is 43.2 Å². The van der Waals surface area contributed by atoms with Crippen molar-refractivity contribution < 1.29 is 19.1 Å². The van der Waals surface area contributed by atoms with Crippen molar-refractivity contribution in [2.24, 2.45) is 0 Å². The van der Waals surface area contributed by atoms with Crippen molar-refractivity contribution in [1.29, 1.82) is 0 Å². The molecule has 0 unspecified atom stereocenters. The molecule has 7 heteroatoms. The van der Waals surface area contributed by atoms with Crippen molar-refractivity contribution >= 4 is 23.4 Å². The fourth-order valence-corrected chi connectivity index (χ4v) is 3.93. The number of imide groups is 1. The number of hydrogen-bond donors (Lipinski definition) is 0. The number of nitrogens with zero attached hydrogens (tertiary/aromatic N) is 3. The fraction of sp³-hybridized carbons (Fsp3) is 0.318. The van der Waals surface area contributed by atoms with Gasteiger partial charge >= 0.3 is 0 Å². The fourth-order valence-electron chi connectivity index (χ4n) is 3.93. The van der Waals surface area contributed by atoms with Gasteiger partial charge in [-0.3, -0.25) is 19.3 Å². The second-order valence-electron chi connectivity index (χ2n) is 7.22. The number of fused-ring (bicyclic) bond motifs is 1. The monoisotopic (exact) mass is 393 g/mol. The Morgan fingerprint density at radius 1 is 0.931 bits per heavy atom. The maximum Gasteiger partial charge on any atom is 0.262 e. The Hall–Kier alpha value is -3.35. The Morgan fingerprint density at radius 3 is 2.14 bits per heavy atom. The second-order valence-corrected chi connectivity index (χ2v) is 7.22. The molecule has 0 N–H and O–H groups in total. The summed E-state index contributed by atoms with van der Waals surface area (Å²) in [6, 6.07) is 13.7. The highest BCUT2D eigenvalue weighted by Crippen LogP contribution is 2.26. The molecule has 0 aliphatic carbocycles. The van der Waals surface area contributed by atoms with Gasteiger partial charge in [-0.1, -0.05) is 18.2 Å². The predicted molar refractivity (Wildman–Crippen MR) is 108 cm³/mol. The summed E-state index contributed by atoms with van der Waals surface area (Å²) in [6.07, 6.45) is 0. The average molecular weight is 393 g/mol. The summed E-state index contributed by atoms with van der Waals surface area (Å²) >= 11 is 0. The summed E-state index contributed by atoms with van der Waals surface area (Å²) in [5, 5.41) is 0. The Balaban J connectivity index is 1.42. The van der Waals surface area contributed by atoms with Crippen LogP contribution in [0.4, 0.5) is 5.69 Å². The van der Waals surface area contributed by atoms with Crippen LogP contribution in [-0.2, 0) is 4.79 Å². The van der Waals surface area contributed by atoms with Crippen molar-refractivity contribution in [2.45, 2.75) is 13.0 Å². The Labute approximate surface area is 169 Å². The van der Waals surface area contributed by atoms with Crippen LogP contribution in [0, 0.1) is 0 Å². The number of anilines is 1. The van der Waals surface area contributed by atoms with Crippen LogP contribution >= 0.6 is 0 Å². The molecule has 1 fully saturated rings. The number of benzene rings is 2. The van der Waals surface area contributed by atoms with Gasteiger partial charge in [0.1, 0.15) is 11.8 Å². The first-order chi connectivity index (χ1) is 14.0. The predicted octanol–water partition coefficient (Wildman–Crippen LogP) is 2.03. The first kappa shape index (κ1) is 19.0. The highest BCUT2D eigenvalue weighted by molar-refractivity contribution is 6.22. The number of hydrogen-bond acceptors (Lipinski definition) is 5. The van der Waals surface area contributed by atoms with Crippen LogP contribution in [0.1, 0.15) is 27.6 Å². The quantitative estimate of drug-likeness (QED) is 0.744. The molecule has 7 nitrogen and oxygen atoms in total. The summed E-state index contributed by atoms with van der Waals surface area (Å²) in [5.41, 5.74) is 1.77. The van der Waals surface area contributed by atoms with E-state index in [1.165, 1.54) is 0 Å². The summed E-state index contributed by atoms with van der Waals surface area (Å²) in [4.78, 5) is 43.3. The third-order valence-electron chi connectivity index (χ3n) is 5.58. The van der Waals surface area contributed by atoms with Crippen LogP contribution in [0.3, 0.4) is 0 Å². The molecule has 2 aliphatic rings. The van der Waals surface area contributed by atoms with E-state index in [2.05, 4.69) is 4.90 Å². The second kappa shape index (κ2) is 7.58. The Morgan fingerprint density at radius 2 is 1.55 bits per heavy atom. The molecule has 1 saturated heterocycles. The van der Waals surface area contributed by atoms with E-state index >= 15 is 0 Å². The van der Waals surface area contributed by atoms with Gasteiger partial charge in [0, 0.05) is 37.9 Å². The minimum Gasteiger partial charge on any atom is -0.497 e. The van der Waals surface area contributed by atoms with Crippen LogP contribution in [0.15, 0.2) is 48.5 Å². The van der Waals surface area contributed by atoms with Gasteiger partial charge in [-0.05, 0) is 31.2 Å². The lowest BCUT2D eigenvalue weighted by Crippen LogP contribution is -2.55. The van der Waals surface area contributed by atoms with Gasteiger partial charge < -0.3 is 14.5 Å². The smallest absolute Gasteiger partial charge is 0.262 e. The maximum absolute atomic E-state index is 13.0. The molecule has 0 saturated carbocycles. The first-order valence-corrected chi connectivity index (χ1v) is 9.66. The first-order valence-electron chi connectivity index (χ1n) is 9.66. The number of ether oxygens (including phenoxy) is 1. The van der Waals surface area contributed by atoms with Gasteiger partial charge in [0.15, 0.2) is 0 Å². The molecule has 1 atom stereocenters. The topological polar surface area (TPSA) is 70.2 Å². The number of methoxy groups -OCH3 is 1. The number of piperazine rings is 1. The number of carbonyl (C=O) groups is 3. The zero-order valence-corrected chi connectivity index (χ0v) is 16.5. The van der Waals surface area contributed by atoms with Crippen LogP contribution in [0.25, 0.3) is 0 Å². The molecule has 2 aliphatic heterocycles. The number of rotatable bonds is 4. The summed E-state index contributed by atoms with van der Waals surface area (Å²) in [7, 11) is 1.64. The zero-order chi connectivity index (χ0) is 20.5. The highest BCUT2D eigenvalue weighted by Gasteiger charge is 2.42. The lowest BCUT2D eigenvalue weighted by Gasteiger charge is -2.38. The lowest BCUT2D eigenvalue weighted by atomic mass is 10.1. The van der Waals surface area contributed by atoms with E-state index in [1.807, 2.05) is 24.3 Å².